The first-order chi connectivity index (χ1) is 19.7. The van der Waals surface area contributed by atoms with Gasteiger partial charge in [0.05, 0.1) is 28.7 Å². The van der Waals surface area contributed by atoms with Crippen LogP contribution in [0.3, 0.4) is 0 Å². The summed E-state index contributed by atoms with van der Waals surface area (Å²) >= 11 is 3.62. The van der Waals surface area contributed by atoms with Crippen LogP contribution >= 0.6 is 15.9 Å². The molecule has 0 atom stereocenters. The van der Waals surface area contributed by atoms with E-state index in [2.05, 4.69) is 72.1 Å². The summed E-state index contributed by atoms with van der Waals surface area (Å²) in [4.78, 5) is 18.6. The second kappa shape index (κ2) is 12.1. The number of methoxy groups -OCH3 is 1. The number of ether oxygens (including phenoxy) is 2. The lowest BCUT2D eigenvalue weighted by molar-refractivity contribution is 0.304. The third kappa shape index (κ3) is 6.10. The number of nitrogens with zero attached hydrogens (tertiary/aromatic N) is 3. The number of hydrogen-bond donors (Lipinski definition) is 0. The minimum absolute atomic E-state index is 0.220. The molecular formula is C34H32BrN3O3. The highest BCUT2D eigenvalue weighted by Crippen LogP contribution is 2.34. The Morgan fingerprint density at radius 1 is 0.976 bits per heavy atom. The van der Waals surface area contributed by atoms with Crippen molar-refractivity contribution in [2.24, 2.45) is 5.10 Å². The maximum atomic E-state index is 13.7. The Balaban J connectivity index is 1.53. The van der Waals surface area contributed by atoms with Crippen LogP contribution in [0.15, 0.2) is 93.2 Å². The third-order valence-corrected chi connectivity index (χ3v) is 7.61. The van der Waals surface area contributed by atoms with Crippen LogP contribution in [0.25, 0.3) is 22.3 Å². The maximum Gasteiger partial charge on any atom is 0.282 e. The lowest BCUT2D eigenvalue weighted by Crippen LogP contribution is -2.20. The summed E-state index contributed by atoms with van der Waals surface area (Å²) in [7, 11) is 1.67. The predicted octanol–water partition coefficient (Wildman–Crippen LogP) is 8.04. The van der Waals surface area contributed by atoms with Crippen molar-refractivity contribution in [1.82, 2.24) is 9.66 Å². The zero-order valence-corrected chi connectivity index (χ0v) is 25.4. The minimum Gasteiger partial charge on any atom is -0.496 e. The van der Waals surface area contributed by atoms with Gasteiger partial charge in [-0.15, -0.1) is 0 Å². The number of rotatable bonds is 8. The van der Waals surface area contributed by atoms with Gasteiger partial charge in [-0.05, 0) is 100 Å². The van der Waals surface area contributed by atoms with Crippen molar-refractivity contribution in [3.05, 3.63) is 122 Å². The third-order valence-electron chi connectivity index (χ3n) is 6.99. The molecule has 0 fully saturated rings. The Kier molecular flexibility index (Phi) is 8.36. The van der Waals surface area contributed by atoms with E-state index in [9.17, 15) is 4.79 Å². The van der Waals surface area contributed by atoms with E-state index in [1.807, 2.05) is 49.4 Å². The molecule has 0 aliphatic heterocycles. The fourth-order valence-electron chi connectivity index (χ4n) is 4.66. The first-order valence-electron chi connectivity index (χ1n) is 13.5. The number of fused-ring (bicyclic) bond motifs is 1. The molecule has 4 aromatic carbocycles. The molecule has 0 saturated heterocycles. The Labute approximate surface area is 248 Å². The Hall–Kier alpha value is -4.23. The first kappa shape index (κ1) is 28.3. The smallest absolute Gasteiger partial charge is 0.282 e. The average molecular weight is 611 g/mol. The van der Waals surface area contributed by atoms with Crippen LogP contribution in [-0.4, -0.2) is 23.0 Å². The topological polar surface area (TPSA) is 65.7 Å². The summed E-state index contributed by atoms with van der Waals surface area (Å²) < 4.78 is 13.8. The lowest BCUT2D eigenvalue weighted by Gasteiger charge is -2.17. The molecular weight excluding hydrogens is 578 g/mol. The highest BCUT2D eigenvalue weighted by Gasteiger charge is 2.18. The van der Waals surface area contributed by atoms with Gasteiger partial charge in [-0.1, -0.05) is 55.8 Å². The SMILES string of the molecule is COc1cc(C)c(-c2nc3ccccc3c(=O)n2N=Cc2ccc(OCc3ccc(C)cc3)c(Br)c2)cc1C(C)C. The fourth-order valence-corrected chi connectivity index (χ4v) is 5.17. The molecule has 0 aliphatic rings. The van der Waals surface area contributed by atoms with E-state index in [1.54, 1.807) is 19.4 Å². The highest BCUT2D eigenvalue weighted by molar-refractivity contribution is 9.10. The molecule has 0 saturated carbocycles. The van der Waals surface area contributed by atoms with Gasteiger partial charge in [0.15, 0.2) is 5.82 Å². The van der Waals surface area contributed by atoms with Gasteiger partial charge >= 0.3 is 0 Å². The number of hydrogen-bond acceptors (Lipinski definition) is 5. The summed E-state index contributed by atoms with van der Waals surface area (Å²) in [5, 5.41) is 5.16. The van der Waals surface area contributed by atoms with Crippen LogP contribution < -0.4 is 15.0 Å². The summed E-state index contributed by atoms with van der Waals surface area (Å²) in [5.74, 6) is 2.23. The second-order valence-electron chi connectivity index (χ2n) is 10.3. The van der Waals surface area contributed by atoms with Crippen molar-refractivity contribution in [3.8, 4) is 22.9 Å². The van der Waals surface area contributed by atoms with E-state index >= 15 is 0 Å². The van der Waals surface area contributed by atoms with Crippen molar-refractivity contribution in [2.45, 2.75) is 40.2 Å². The molecule has 5 aromatic rings. The Bertz CT molecular complexity index is 1810. The summed E-state index contributed by atoms with van der Waals surface area (Å²) in [5.41, 5.74) is 6.31. The van der Waals surface area contributed by atoms with E-state index in [-0.39, 0.29) is 11.5 Å². The van der Waals surface area contributed by atoms with E-state index in [0.29, 0.717) is 23.3 Å². The molecule has 1 heterocycles. The Morgan fingerprint density at radius 3 is 2.44 bits per heavy atom. The van der Waals surface area contributed by atoms with Crippen molar-refractivity contribution < 1.29 is 9.47 Å². The highest BCUT2D eigenvalue weighted by atomic mass is 79.9. The molecule has 6 nitrogen and oxygen atoms in total. The van der Waals surface area contributed by atoms with Gasteiger partial charge in [0, 0.05) is 5.56 Å². The number of aromatic nitrogens is 2. The molecule has 0 spiro atoms. The number of benzene rings is 4. The molecule has 7 heteroatoms. The van der Waals surface area contributed by atoms with Crippen LogP contribution in [-0.2, 0) is 6.61 Å². The summed E-state index contributed by atoms with van der Waals surface area (Å²) in [6, 6.07) is 25.4. The second-order valence-corrected chi connectivity index (χ2v) is 11.2. The number of halogens is 1. The number of aryl methyl sites for hydroxylation is 2. The molecule has 1 aromatic heterocycles. The van der Waals surface area contributed by atoms with Crippen LogP contribution in [0.2, 0.25) is 0 Å². The van der Waals surface area contributed by atoms with Gasteiger partial charge in [-0.3, -0.25) is 4.79 Å². The molecule has 41 heavy (non-hydrogen) atoms. The van der Waals surface area contributed by atoms with Gasteiger partial charge in [-0.2, -0.15) is 9.78 Å². The molecule has 208 valence electrons. The molecule has 0 radical (unpaired) electrons. The van der Waals surface area contributed by atoms with Gasteiger partial charge < -0.3 is 9.47 Å². The van der Waals surface area contributed by atoms with Crippen LogP contribution in [0.4, 0.5) is 0 Å². The zero-order valence-electron chi connectivity index (χ0n) is 23.8. The van der Waals surface area contributed by atoms with E-state index in [0.717, 1.165) is 43.8 Å². The lowest BCUT2D eigenvalue weighted by atomic mass is 9.96. The van der Waals surface area contributed by atoms with Gasteiger partial charge in [0.2, 0.25) is 0 Å². The normalized spacial score (nSPS) is 11.5. The fraction of sp³-hybridized carbons (Fsp3) is 0.206. The van der Waals surface area contributed by atoms with Gasteiger partial charge in [0.1, 0.15) is 18.1 Å². The molecule has 0 unspecified atom stereocenters. The maximum absolute atomic E-state index is 13.7. The number of para-hydroxylation sites is 1. The van der Waals surface area contributed by atoms with E-state index in [4.69, 9.17) is 14.5 Å². The van der Waals surface area contributed by atoms with Crippen molar-refractivity contribution in [1.29, 1.82) is 0 Å². The van der Waals surface area contributed by atoms with Gasteiger partial charge in [0.25, 0.3) is 5.56 Å². The van der Waals surface area contributed by atoms with Crippen LogP contribution in [0.5, 0.6) is 11.5 Å². The quantitative estimate of drug-likeness (QED) is 0.167. The summed E-state index contributed by atoms with van der Waals surface area (Å²) in [6.07, 6.45) is 1.66. The average Bonchev–Trinajstić information content (AvgIpc) is 2.96. The van der Waals surface area contributed by atoms with Crippen molar-refractivity contribution in [3.63, 3.8) is 0 Å². The molecule has 0 N–H and O–H groups in total. The molecule has 0 amide bonds. The largest absolute Gasteiger partial charge is 0.496 e. The first-order valence-corrected chi connectivity index (χ1v) is 14.3. The van der Waals surface area contributed by atoms with Crippen molar-refractivity contribution >= 4 is 33.0 Å². The van der Waals surface area contributed by atoms with Crippen molar-refractivity contribution in [2.75, 3.05) is 7.11 Å². The zero-order chi connectivity index (χ0) is 29.1. The van der Waals surface area contributed by atoms with Gasteiger partial charge in [-0.25, -0.2) is 4.98 Å². The molecule has 0 aliphatic carbocycles. The van der Waals surface area contributed by atoms with Crippen LogP contribution in [0, 0.1) is 13.8 Å². The minimum atomic E-state index is -0.236. The van der Waals surface area contributed by atoms with E-state index in [1.165, 1.54) is 10.2 Å². The van der Waals surface area contributed by atoms with E-state index < -0.39 is 0 Å². The standard InChI is InChI=1S/C34H32BrN3O3/c1-21(2)27-18-28(23(4)16-32(27)40-5)33-37-30-9-7-6-8-26(30)34(39)38(33)36-19-25-14-15-31(29(35)17-25)41-20-24-12-10-22(3)11-13-24/h6-19,21H,20H2,1-5H3. The Morgan fingerprint density at radius 2 is 1.73 bits per heavy atom. The summed E-state index contributed by atoms with van der Waals surface area (Å²) in [6.45, 7) is 8.74. The molecule has 0 bridgehead atoms. The predicted molar refractivity (Wildman–Crippen MR) is 169 cm³/mol. The monoisotopic (exact) mass is 609 g/mol. The van der Waals surface area contributed by atoms with Crippen LogP contribution in [0.1, 0.15) is 47.6 Å². The molecule has 5 rings (SSSR count).